The molecule has 2 aliphatic carbocycles. The normalized spacial score (nSPS) is 20.3. The summed E-state index contributed by atoms with van der Waals surface area (Å²) in [4.78, 5) is 45.5. The second kappa shape index (κ2) is 8.29. The molecule has 0 saturated carbocycles. The Hall–Kier alpha value is -3.10. The highest BCUT2D eigenvalue weighted by atomic mass is 32.1. The number of amides is 2. The van der Waals surface area contributed by atoms with Crippen LogP contribution in [0.5, 0.6) is 0 Å². The Labute approximate surface area is 205 Å². The van der Waals surface area contributed by atoms with Crippen LogP contribution in [0.2, 0.25) is 0 Å². The minimum Gasteiger partial charge on any atom is -0.342 e. The Morgan fingerprint density at radius 1 is 1.12 bits per heavy atom. The summed E-state index contributed by atoms with van der Waals surface area (Å²) in [7, 11) is 0. The molecular weight excluding hydrogens is 466 g/mol. The van der Waals surface area contributed by atoms with Crippen LogP contribution in [0.15, 0.2) is 47.2 Å². The number of Topliss-reactive ketones (excluding diaryl/α,β-unsaturated/α-hetero) is 1. The molecule has 1 aromatic carbocycles. The fraction of sp³-hybridized carbons (Fsp3) is 0.308. The van der Waals surface area contributed by atoms with Crippen molar-refractivity contribution >= 4 is 51.5 Å². The lowest BCUT2D eigenvalue weighted by Crippen LogP contribution is -2.47. The number of hydrogen-bond acceptors (Lipinski definition) is 6. The van der Waals surface area contributed by atoms with E-state index in [-0.39, 0.29) is 35.4 Å². The molecule has 1 saturated heterocycles. The molecule has 3 aromatic rings. The highest BCUT2D eigenvalue weighted by molar-refractivity contribution is 7.17. The van der Waals surface area contributed by atoms with E-state index in [9.17, 15) is 14.4 Å². The molecule has 0 radical (unpaired) electrons. The fourth-order valence-corrected chi connectivity index (χ4v) is 6.95. The number of aromatic nitrogens is 1. The summed E-state index contributed by atoms with van der Waals surface area (Å²) < 4.78 is 0. The summed E-state index contributed by atoms with van der Waals surface area (Å²) >= 11 is 2.65. The molecule has 6 rings (SSSR count). The first-order chi connectivity index (χ1) is 16.5. The number of allylic oxidation sites excluding steroid dienone is 1. The SMILES string of the molecule is O=C(Nc1nc2c(s1)C(=O)CC(C(=O)N1CCC3(C=Cc4ccccc43)CC1)C2)c1ccsc1. The van der Waals surface area contributed by atoms with E-state index >= 15 is 0 Å². The highest BCUT2D eigenvalue weighted by Crippen LogP contribution is 2.44. The maximum atomic E-state index is 13.4. The van der Waals surface area contributed by atoms with E-state index < -0.39 is 0 Å². The number of ketones is 1. The average molecular weight is 490 g/mol. The lowest BCUT2D eigenvalue weighted by molar-refractivity contribution is -0.137. The number of nitrogens with zero attached hydrogens (tertiary/aromatic N) is 2. The van der Waals surface area contributed by atoms with Crippen molar-refractivity contribution in [1.82, 2.24) is 9.88 Å². The summed E-state index contributed by atoms with van der Waals surface area (Å²) in [6.45, 7) is 1.38. The van der Waals surface area contributed by atoms with Crippen molar-refractivity contribution < 1.29 is 14.4 Å². The molecule has 3 aliphatic rings. The van der Waals surface area contributed by atoms with Gasteiger partial charge < -0.3 is 4.90 Å². The zero-order valence-electron chi connectivity index (χ0n) is 18.5. The number of thiazole rings is 1. The standard InChI is InChI=1S/C26H23N3O3S2/c30-21-14-18(13-20-22(21)34-25(27-20)28-23(31)17-6-12-33-15-17)24(32)29-10-8-26(9-11-29)7-5-16-3-1-2-4-19(16)26/h1-7,12,15,18H,8-11,13-14H2,(H,27,28,31). The van der Waals surface area contributed by atoms with Gasteiger partial charge in [-0.15, -0.1) is 0 Å². The Morgan fingerprint density at radius 2 is 1.94 bits per heavy atom. The molecule has 1 atom stereocenters. The third kappa shape index (κ3) is 3.61. The van der Waals surface area contributed by atoms with Crippen LogP contribution in [-0.2, 0) is 16.6 Å². The van der Waals surface area contributed by atoms with Crippen LogP contribution >= 0.6 is 22.7 Å². The van der Waals surface area contributed by atoms with E-state index in [1.807, 2.05) is 10.3 Å². The summed E-state index contributed by atoms with van der Waals surface area (Å²) in [5.74, 6) is -0.643. The molecular formula is C26H23N3O3S2. The summed E-state index contributed by atoms with van der Waals surface area (Å²) in [5.41, 5.74) is 3.85. The molecule has 1 aliphatic heterocycles. The van der Waals surface area contributed by atoms with E-state index in [2.05, 4.69) is 46.7 Å². The van der Waals surface area contributed by atoms with Crippen LogP contribution in [0.25, 0.3) is 6.08 Å². The monoisotopic (exact) mass is 489 g/mol. The number of thiophene rings is 1. The molecule has 8 heteroatoms. The van der Waals surface area contributed by atoms with Gasteiger partial charge in [0.15, 0.2) is 10.9 Å². The van der Waals surface area contributed by atoms with Crippen molar-refractivity contribution in [3.8, 4) is 0 Å². The third-order valence-corrected chi connectivity index (χ3v) is 8.96. The van der Waals surface area contributed by atoms with Crippen molar-refractivity contribution in [2.45, 2.75) is 31.1 Å². The van der Waals surface area contributed by atoms with Gasteiger partial charge in [0.2, 0.25) is 5.91 Å². The third-order valence-electron chi connectivity index (χ3n) is 7.22. The Kier molecular flexibility index (Phi) is 5.22. The smallest absolute Gasteiger partial charge is 0.258 e. The minimum absolute atomic E-state index is 0.0212. The predicted molar refractivity (Wildman–Crippen MR) is 133 cm³/mol. The number of carbonyl (C=O) groups is 3. The van der Waals surface area contributed by atoms with Gasteiger partial charge in [-0.25, -0.2) is 4.98 Å². The maximum absolute atomic E-state index is 13.4. The Morgan fingerprint density at radius 3 is 2.74 bits per heavy atom. The molecule has 2 amide bonds. The van der Waals surface area contributed by atoms with Crippen LogP contribution in [0, 0.1) is 5.92 Å². The summed E-state index contributed by atoms with van der Waals surface area (Å²) in [5, 5.41) is 6.81. The van der Waals surface area contributed by atoms with Crippen LogP contribution in [0.4, 0.5) is 5.13 Å². The van der Waals surface area contributed by atoms with E-state index in [4.69, 9.17) is 0 Å². The zero-order valence-corrected chi connectivity index (χ0v) is 20.1. The van der Waals surface area contributed by atoms with Gasteiger partial charge in [-0.2, -0.15) is 11.3 Å². The van der Waals surface area contributed by atoms with Crippen LogP contribution in [-0.4, -0.2) is 40.6 Å². The molecule has 1 spiro atoms. The lowest BCUT2D eigenvalue weighted by Gasteiger charge is -2.40. The number of piperidine rings is 1. The molecule has 2 aromatic heterocycles. The quantitative estimate of drug-likeness (QED) is 0.574. The summed E-state index contributed by atoms with van der Waals surface area (Å²) in [6.07, 6.45) is 6.94. The van der Waals surface area contributed by atoms with Gasteiger partial charge in [0, 0.05) is 36.7 Å². The molecule has 172 valence electrons. The number of benzene rings is 1. The van der Waals surface area contributed by atoms with Gasteiger partial charge in [0.25, 0.3) is 5.91 Å². The van der Waals surface area contributed by atoms with E-state index in [0.29, 0.717) is 40.8 Å². The number of rotatable bonds is 3. The van der Waals surface area contributed by atoms with Crippen molar-refractivity contribution in [2.24, 2.45) is 5.92 Å². The number of anilines is 1. The molecule has 6 nitrogen and oxygen atoms in total. The van der Waals surface area contributed by atoms with Crippen molar-refractivity contribution in [3.05, 3.63) is 74.4 Å². The zero-order chi connectivity index (χ0) is 23.3. The fourth-order valence-electron chi connectivity index (χ4n) is 5.38. The number of fused-ring (bicyclic) bond motifs is 3. The van der Waals surface area contributed by atoms with E-state index in [1.165, 1.54) is 33.8 Å². The van der Waals surface area contributed by atoms with Crippen molar-refractivity contribution in [3.63, 3.8) is 0 Å². The topological polar surface area (TPSA) is 79.4 Å². The van der Waals surface area contributed by atoms with Crippen molar-refractivity contribution in [2.75, 3.05) is 18.4 Å². The molecule has 0 bridgehead atoms. The lowest BCUT2D eigenvalue weighted by atomic mass is 9.74. The summed E-state index contributed by atoms with van der Waals surface area (Å²) in [6, 6.07) is 10.2. The van der Waals surface area contributed by atoms with Crippen LogP contribution in [0.1, 0.15) is 56.1 Å². The van der Waals surface area contributed by atoms with Gasteiger partial charge in [0.05, 0.1) is 22.1 Å². The Bertz CT molecular complexity index is 1320. The molecule has 34 heavy (non-hydrogen) atoms. The second-order valence-corrected chi connectivity index (χ2v) is 11.0. The molecule has 1 N–H and O–H groups in total. The van der Waals surface area contributed by atoms with Crippen LogP contribution in [0.3, 0.4) is 0 Å². The Balaban J connectivity index is 1.13. The molecule has 1 unspecified atom stereocenters. The maximum Gasteiger partial charge on any atom is 0.258 e. The highest BCUT2D eigenvalue weighted by Gasteiger charge is 2.41. The first-order valence-electron chi connectivity index (χ1n) is 11.5. The van der Waals surface area contributed by atoms with Gasteiger partial charge in [-0.1, -0.05) is 47.8 Å². The van der Waals surface area contributed by atoms with Gasteiger partial charge in [0.1, 0.15) is 0 Å². The van der Waals surface area contributed by atoms with E-state index in [0.717, 1.165) is 12.8 Å². The predicted octanol–water partition coefficient (Wildman–Crippen LogP) is 4.79. The largest absolute Gasteiger partial charge is 0.342 e. The average Bonchev–Trinajstić information content (AvgIpc) is 3.59. The second-order valence-electron chi connectivity index (χ2n) is 9.19. The van der Waals surface area contributed by atoms with Crippen molar-refractivity contribution in [1.29, 1.82) is 0 Å². The first kappa shape index (κ1) is 21.4. The van der Waals surface area contributed by atoms with Gasteiger partial charge in [-0.3, -0.25) is 19.7 Å². The number of hydrogen-bond donors (Lipinski definition) is 1. The van der Waals surface area contributed by atoms with Gasteiger partial charge in [-0.05, 0) is 35.4 Å². The number of carbonyl (C=O) groups excluding carboxylic acids is 3. The minimum atomic E-state index is -0.386. The van der Waals surface area contributed by atoms with Crippen LogP contribution < -0.4 is 5.32 Å². The number of nitrogens with one attached hydrogen (secondary N) is 1. The first-order valence-corrected chi connectivity index (χ1v) is 13.2. The van der Waals surface area contributed by atoms with E-state index in [1.54, 1.807) is 11.4 Å². The molecule has 1 fully saturated rings. The molecule has 3 heterocycles. The number of likely N-dealkylation sites (tertiary alicyclic amines) is 1. The van der Waals surface area contributed by atoms with Gasteiger partial charge >= 0.3 is 0 Å².